The monoisotopic (exact) mass is 421 g/mol. The van der Waals surface area contributed by atoms with E-state index in [4.69, 9.17) is 11.6 Å². The molecule has 3 aromatic rings. The summed E-state index contributed by atoms with van der Waals surface area (Å²) in [7, 11) is 0. The molecular formula is C24H24ClN3O2. The minimum atomic E-state index is -0.409. The molecule has 2 heterocycles. The van der Waals surface area contributed by atoms with Gasteiger partial charge >= 0.3 is 0 Å². The Bertz CT molecular complexity index is 1060. The van der Waals surface area contributed by atoms with E-state index >= 15 is 0 Å². The Kier molecular flexibility index (Phi) is 6.31. The van der Waals surface area contributed by atoms with Crippen LogP contribution in [0.2, 0.25) is 5.02 Å². The fourth-order valence-corrected chi connectivity index (χ4v) is 3.96. The van der Waals surface area contributed by atoms with Crippen LogP contribution in [-0.2, 0) is 6.54 Å². The number of amides is 1. The lowest BCUT2D eigenvalue weighted by atomic mass is 9.98. The first-order chi connectivity index (χ1) is 14.6. The van der Waals surface area contributed by atoms with Crippen molar-refractivity contribution in [1.29, 1.82) is 0 Å². The van der Waals surface area contributed by atoms with Crippen LogP contribution < -0.4 is 10.9 Å². The first-order valence-electron chi connectivity index (χ1n) is 10.2. The Balaban J connectivity index is 1.56. The molecule has 0 spiro atoms. The average molecular weight is 422 g/mol. The van der Waals surface area contributed by atoms with E-state index in [9.17, 15) is 9.59 Å². The highest BCUT2D eigenvalue weighted by Gasteiger charge is 2.20. The predicted molar refractivity (Wildman–Crippen MR) is 119 cm³/mol. The van der Waals surface area contributed by atoms with Crippen LogP contribution in [-0.4, -0.2) is 28.9 Å². The van der Waals surface area contributed by atoms with Gasteiger partial charge in [0.25, 0.3) is 11.5 Å². The predicted octanol–water partition coefficient (Wildman–Crippen LogP) is 4.14. The molecule has 2 N–H and O–H groups in total. The van der Waals surface area contributed by atoms with Gasteiger partial charge in [0.2, 0.25) is 0 Å². The zero-order chi connectivity index (χ0) is 20.9. The maximum Gasteiger partial charge on any atom is 0.261 e. The molecule has 1 saturated heterocycles. The number of carbonyl (C=O) groups is 1. The zero-order valence-electron chi connectivity index (χ0n) is 16.6. The molecular weight excluding hydrogens is 398 g/mol. The maximum atomic E-state index is 13.0. The average Bonchev–Trinajstić information content (AvgIpc) is 3.26. The number of halogens is 1. The fourth-order valence-electron chi connectivity index (χ4n) is 3.84. The summed E-state index contributed by atoms with van der Waals surface area (Å²) in [5.74, 6) is -0.409. The Morgan fingerprint density at radius 3 is 2.30 bits per heavy atom. The molecule has 6 heteroatoms. The highest BCUT2D eigenvalue weighted by atomic mass is 35.5. The first-order valence-corrected chi connectivity index (χ1v) is 10.5. The zero-order valence-corrected chi connectivity index (χ0v) is 17.4. The van der Waals surface area contributed by atoms with Gasteiger partial charge in [-0.05, 0) is 61.3 Å². The van der Waals surface area contributed by atoms with Crippen LogP contribution in [0.4, 0.5) is 0 Å². The van der Waals surface area contributed by atoms with Crippen molar-refractivity contribution in [3.63, 3.8) is 0 Å². The van der Waals surface area contributed by atoms with Gasteiger partial charge in [-0.15, -0.1) is 0 Å². The summed E-state index contributed by atoms with van der Waals surface area (Å²) in [5, 5.41) is 3.63. The second-order valence-electron chi connectivity index (χ2n) is 7.58. The topological polar surface area (TPSA) is 65.2 Å². The van der Waals surface area contributed by atoms with Gasteiger partial charge in [0.1, 0.15) is 5.56 Å². The lowest BCUT2D eigenvalue weighted by Crippen LogP contribution is -2.34. The van der Waals surface area contributed by atoms with E-state index in [0.717, 1.165) is 29.9 Å². The molecule has 0 radical (unpaired) electrons. The van der Waals surface area contributed by atoms with Crippen LogP contribution in [0.15, 0.2) is 71.5 Å². The Labute approximate surface area is 180 Å². The van der Waals surface area contributed by atoms with Crippen molar-refractivity contribution >= 4 is 17.5 Å². The van der Waals surface area contributed by atoms with Crippen molar-refractivity contribution < 1.29 is 4.79 Å². The van der Waals surface area contributed by atoms with Crippen molar-refractivity contribution in [3.8, 4) is 0 Å². The third-order valence-corrected chi connectivity index (χ3v) is 5.67. The number of nitrogens with zero attached hydrogens (tertiary/aromatic N) is 1. The number of rotatable bonds is 6. The van der Waals surface area contributed by atoms with E-state index in [1.165, 1.54) is 12.8 Å². The van der Waals surface area contributed by atoms with Gasteiger partial charge in [0.15, 0.2) is 0 Å². The fraction of sp³-hybridized carbons (Fsp3) is 0.250. The molecule has 30 heavy (non-hydrogen) atoms. The van der Waals surface area contributed by atoms with Gasteiger partial charge in [-0.1, -0.05) is 54.1 Å². The third kappa shape index (κ3) is 4.81. The molecule has 1 amide bonds. The molecule has 4 rings (SSSR count). The Morgan fingerprint density at radius 1 is 0.967 bits per heavy atom. The molecule has 0 bridgehead atoms. The van der Waals surface area contributed by atoms with E-state index in [1.807, 2.05) is 48.5 Å². The van der Waals surface area contributed by atoms with Gasteiger partial charge in [-0.2, -0.15) is 0 Å². The molecule has 1 fully saturated rings. The minimum Gasteiger partial charge on any atom is -0.341 e. The van der Waals surface area contributed by atoms with Crippen LogP contribution in [0, 0.1) is 0 Å². The van der Waals surface area contributed by atoms with Crippen molar-refractivity contribution in [2.45, 2.75) is 25.4 Å². The van der Waals surface area contributed by atoms with Crippen LogP contribution in [0.25, 0.3) is 0 Å². The number of nitrogens with one attached hydrogen (secondary N) is 2. The number of likely N-dealkylation sites (tertiary alicyclic amines) is 1. The number of hydrogen-bond acceptors (Lipinski definition) is 3. The summed E-state index contributed by atoms with van der Waals surface area (Å²) in [6, 6.07) is 20.1. The van der Waals surface area contributed by atoms with Gasteiger partial charge in [0.05, 0.1) is 6.04 Å². The summed E-state index contributed by atoms with van der Waals surface area (Å²) in [6.07, 6.45) is 2.38. The molecule has 5 nitrogen and oxygen atoms in total. The third-order valence-electron chi connectivity index (χ3n) is 5.42. The van der Waals surface area contributed by atoms with Crippen LogP contribution in [0.1, 0.15) is 46.1 Å². The minimum absolute atomic E-state index is 0.107. The molecule has 2 aromatic carbocycles. The number of aromatic amines is 1. The standard InChI is InChI=1S/C24H24ClN3O2/c25-19-10-8-18(9-11-19)22(17-6-2-1-3-7-17)27-24(30)21-13-12-20(26-23(21)29)16-28-14-4-5-15-28/h1-3,6-13,22H,4-5,14-16H2,(H,26,29)(H,27,30). The maximum absolute atomic E-state index is 13.0. The molecule has 154 valence electrons. The summed E-state index contributed by atoms with van der Waals surface area (Å²) < 4.78 is 0. The molecule has 0 aliphatic carbocycles. The molecule has 1 atom stereocenters. The van der Waals surface area contributed by atoms with Gasteiger partial charge < -0.3 is 10.3 Å². The van der Waals surface area contributed by atoms with Crippen LogP contribution in [0.5, 0.6) is 0 Å². The Morgan fingerprint density at radius 2 is 1.63 bits per heavy atom. The van der Waals surface area contributed by atoms with Gasteiger partial charge in [-0.25, -0.2) is 0 Å². The summed E-state index contributed by atoms with van der Waals surface area (Å²) in [5.41, 5.74) is 2.38. The molecule has 1 aromatic heterocycles. The van der Waals surface area contributed by atoms with Crippen molar-refractivity contribution in [3.05, 3.63) is 104 Å². The number of aromatic nitrogens is 1. The number of H-pyrrole nitrogens is 1. The summed E-state index contributed by atoms with van der Waals surface area (Å²) in [4.78, 5) is 30.8. The molecule has 0 saturated carbocycles. The second kappa shape index (κ2) is 9.28. The second-order valence-corrected chi connectivity index (χ2v) is 8.01. The highest BCUT2D eigenvalue weighted by Crippen LogP contribution is 2.24. The van der Waals surface area contributed by atoms with Crippen molar-refractivity contribution in [2.75, 3.05) is 13.1 Å². The van der Waals surface area contributed by atoms with E-state index in [-0.39, 0.29) is 17.2 Å². The van der Waals surface area contributed by atoms with E-state index < -0.39 is 5.91 Å². The first kappa shape index (κ1) is 20.4. The summed E-state index contributed by atoms with van der Waals surface area (Å²) in [6.45, 7) is 2.79. The van der Waals surface area contributed by atoms with E-state index in [2.05, 4.69) is 15.2 Å². The lowest BCUT2D eigenvalue weighted by molar-refractivity contribution is 0.0941. The Hall–Kier alpha value is -2.89. The van der Waals surface area contributed by atoms with Gasteiger partial charge in [0, 0.05) is 17.3 Å². The van der Waals surface area contributed by atoms with Crippen LogP contribution in [0.3, 0.4) is 0 Å². The largest absolute Gasteiger partial charge is 0.341 e. The van der Waals surface area contributed by atoms with Crippen molar-refractivity contribution in [1.82, 2.24) is 15.2 Å². The van der Waals surface area contributed by atoms with E-state index in [0.29, 0.717) is 11.6 Å². The number of pyridine rings is 1. The number of hydrogen-bond donors (Lipinski definition) is 2. The molecule has 1 unspecified atom stereocenters. The SMILES string of the molecule is O=C(NC(c1ccccc1)c1ccc(Cl)cc1)c1ccc(CN2CCCC2)[nH]c1=O. The molecule has 1 aliphatic heterocycles. The lowest BCUT2D eigenvalue weighted by Gasteiger charge is -2.20. The van der Waals surface area contributed by atoms with Crippen LogP contribution >= 0.6 is 11.6 Å². The quantitative estimate of drug-likeness (QED) is 0.628. The van der Waals surface area contributed by atoms with Crippen molar-refractivity contribution in [2.24, 2.45) is 0 Å². The summed E-state index contributed by atoms with van der Waals surface area (Å²) >= 11 is 6.02. The number of carbonyl (C=O) groups excluding carboxylic acids is 1. The smallest absolute Gasteiger partial charge is 0.261 e. The number of benzene rings is 2. The molecule has 1 aliphatic rings. The normalized spacial score (nSPS) is 15.1. The van der Waals surface area contributed by atoms with Gasteiger partial charge in [-0.3, -0.25) is 14.5 Å². The van der Waals surface area contributed by atoms with E-state index in [1.54, 1.807) is 18.2 Å². The highest BCUT2D eigenvalue weighted by molar-refractivity contribution is 6.30.